The average Bonchev–Trinajstić information content (AvgIpc) is 2.83. The Labute approximate surface area is 188 Å². The molecule has 1 unspecified atom stereocenters. The first kappa shape index (κ1) is 22.1. The number of aryl methyl sites for hydroxylation is 1. The van der Waals surface area contributed by atoms with E-state index in [1.165, 1.54) is 5.56 Å². The molecule has 32 heavy (non-hydrogen) atoms. The molecule has 1 aliphatic rings. The van der Waals surface area contributed by atoms with Crippen molar-refractivity contribution in [1.82, 2.24) is 4.57 Å². The monoisotopic (exact) mass is 435 g/mol. The number of pyridine rings is 1. The Hall–Kier alpha value is -3.09. The van der Waals surface area contributed by atoms with E-state index in [2.05, 4.69) is 10.6 Å². The highest BCUT2D eigenvalue weighted by Crippen LogP contribution is 2.35. The molecular formula is C26H29NO5. The molecule has 2 aromatic carbocycles. The van der Waals surface area contributed by atoms with Crippen molar-refractivity contribution in [2.75, 3.05) is 27.4 Å². The van der Waals surface area contributed by atoms with Crippen molar-refractivity contribution in [1.29, 1.82) is 0 Å². The van der Waals surface area contributed by atoms with Gasteiger partial charge in [0.25, 0.3) is 0 Å². The highest BCUT2D eigenvalue weighted by molar-refractivity contribution is 5.70. The predicted molar refractivity (Wildman–Crippen MR) is 124 cm³/mol. The molecular weight excluding hydrogens is 406 g/mol. The van der Waals surface area contributed by atoms with Crippen LogP contribution >= 0.6 is 0 Å². The molecule has 0 saturated heterocycles. The van der Waals surface area contributed by atoms with Crippen molar-refractivity contribution in [2.24, 2.45) is 0 Å². The van der Waals surface area contributed by atoms with Gasteiger partial charge in [0.1, 0.15) is 25.1 Å². The fraction of sp³-hybridized carbons (Fsp3) is 0.346. The van der Waals surface area contributed by atoms with Gasteiger partial charge in [-0.2, -0.15) is 0 Å². The van der Waals surface area contributed by atoms with Crippen molar-refractivity contribution in [2.45, 2.75) is 32.6 Å². The summed E-state index contributed by atoms with van der Waals surface area (Å²) < 4.78 is 24.6. The van der Waals surface area contributed by atoms with Gasteiger partial charge < -0.3 is 23.5 Å². The highest BCUT2D eigenvalue weighted by atomic mass is 16.6. The molecule has 0 bridgehead atoms. The molecule has 0 saturated carbocycles. The smallest absolute Gasteiger partial charge is 0.197 e. The lowest BCUT2D eigenvalue weighted by Crippen LogP contribution is -2.28. The Morgan fingerprint density at radius 1 is 1.00 bits per heavy atom. The molecule has 6 nitrogen and oxygen atoms in total. The molecule has 4 rings (SSSR count). The van der Waals surface area contributed by atoms with Crippen molar-refractivity contribution in [3.05, 3.63) is 81.5 Å². The summed E-state index contributed by atoms with van der Waals surface area (Å²) in [5, 5.41) is 0. The minimum Gasteiger partial charge on any atom is -0.489 e. The quantitative estimate of drug-likeness (QED) is 0.509. The van der Waals surface area contributed by atoms with Crippen molar-refractivity contribution >= 4 is 0 Å². The lowest BCUT2D eigenvalue weighted by atomic mass is 9.94. The third kappa shape index (κ3) is 4.71. The molecule has 1 aromatic heterocycles. The number of hydrogen-bond acceptors (Lipinski definition) is 5. The average molecular weight is 436 g/mol. The number of rotatable bonds is 9. The van der Waals surface area contributed by atoms with Crippen LogP contribution in [-0.4, -0.2) is 38.1 Å². The fourth-order valence-corrected chi connectivity index (χ4v) is 4.04. The Kier molecular flexibility index (Phi) is 6.93. The van der Waals surface area contributed by atoms with Gasteiger partial charge in [0, 0.05) is 38.0 Å². The minimum atomic E-state index is -0.201. The van der Waals surface area contributed by atoms with Gasteiger partial charge in [-0.15, -0.1) is 0 Å². The summed E-state index contributed by atoms with van der Waals surface area (Å²) in [4.78, 5) is 12.7. The van der Waals surface area contributed by atoms with E-state index < -0.39 is 0 Å². The van der Waals surface area contributed by atoms with E-state index in [1.807, 2.05) is 49.4 Å². The summed E-state index contributed by atoms with van der Waals surface area (Å²) in [6.07, 6.45) is 0.628. The topological polar surface area (TPSA) is 58.9 Å². The molecule has 0 N–H and O–H groups in total. The summed E-state index contributed by atoms with van der Waals surface area (Å²) >= 11 is 0. The number of aromatic nitrogens is 1. The second-order valence-corrected chi connectivity index (χ2v) is 7.94. The van der Waals surface area contributed by atoms with E-state index in [-0.39, 0.29) is 11.5 Å². The molecule has 3 aromatic rings. The van der Waals surface area contributed by atoms with Crippen LogP contribution in [0.3, 0.4) is 0 Å². The summed E-state index contributed by atoms with van der Waals surface area (Å²) in [6, 6.07) is 17.8. The molecule has 0 fully saturated rings. The standard InChI is InChI=1S/C26H29NO5/c1-18-24(28)14-25(32-17-22(30-3)16-29-2)27-12-11-20-13-21(9-10-23(20)26(18)27)31-15-19-7-5-4-6-8-19/h4-10,13-14,22H,11-12,15-17H2,1-3H3. The first-order chi connectivity index (χ1) is 15.6. The summed E-state index contributed by atoms with van der Waals surface area (Å²) in [7, 11) is 3.25. The molecule has 0 spiro atoms. The molecule has 1 aliphatic heterocycles. The molecule has 2 heterocycles. The zero-order valence-electron chi connectivity index (χ0n) is 18.8. The SMILES string of the molecule is COCC(COc1cc(=O)c(C)c2n1CCc1cc(OCc3ccccc3)ccc1-2)OC. The minimum absolute atomic E-state index is 0.0378. The summed E-state index contributed by atoms with van der Waals surface area (Å²) in [5.74, 6) is 1.39. The van der Waals surface area contributed by atoms with Crippen molar-refractivity contribution < 1.29 is 18.9 Å². The normalized spacial score (nSPS) is 13.2. The highest BCUT2D eigenvalue weighted by Gasteiger charge is 2.23. The van der Waals surface area contributed by atoms with E-state index in [0.29, 0.717) is 25.7 Å². The van der Waals surface area contributed by atoms with Crippen LogP contribution < -0.4 is 14.9 Å². The van der Waals surface area contributed by atoms with E-state index in [0.717, 1.165) is 41.1 Å². The third-order valence-electron chi connectivity index (χ3n) is 5.80. The van der Waals surface area contributed by atoms with Crippen LogP contribution in [0, 0.1) is 6.92 Å². The van der Waals surface area contributed by atoms with Gasteiger partial charge in [0.05, 0.1) is 12.3 Å². The number of fused-ring (bicyclic) bond motifs is 3. The van der Waals surface area contributed by atoms with Crippen LogP contribution in [0.15, 0.2) is 59.4 Å². The maximum Gasteiger partial charge on any atom is 0.197 e. The third-order valence-corrected chi connectivity index (χ3v) is 5.80. The summed E-state index contributed by atoms with van der Waals surface area (Å²) in [6.45, 7) is 3.85. The van der Waals surface area contributed by atoms with Gasteiger partial charge in [-0.05, 0) is 42.7 Å². The number of benzene rings is 2. The van der Waals surface area contributed by atoms with Crippen LogP contribution in [0.5, 0.6) is 11.6 Å². The van der Waals surface area contributed by atoms with Crippen molar-refractivity contribution in [3.8, 4) is 22.9 Å². The van der Waals surface area contributed by atoms with Crippen LogP contribution in [0.25, 0.3) is 11.3 Å². The first-order valence-electron chi connectivity index (χ1n) is 10.8. The fourth-order valence-electron chi connectivity index (χ4n) is 4.04. The number of ether oxygens (including phenoxy) is 4. The van der Waals surface area contributed by atoms with Gasteiger partial charge in [0.15, 0.2) is 11.3 Å². The van der Waals surface area contributed by atoms with Crippen molar-refractivity contribution in [3.63, 3.8) is 0 Å². The zero-order valence-corrected chi connectivity index (χ0v) is 18.8. The summed E-state index contributed by atoms with van der Waals surface area (Å²) in [5.41, 5.74) is 4.93. The van der Waals surface area contributed by atoms with Gasteiger partial charge in [-0.3, -0.25) is 4.79 Å². The molecule has 168 valence electrons. The van der Waals surface area contributed by atoms with Gasteiger partial charge in [-0.25, -0.2) is 0 Å². The molecule has 0 amide bonds. The molecule has 1 atom stereocenters. The van der Waals surface area contributed by atoms with Crippen LogP contribution in [0.4, 0.5) is 0 Å². The lowest BCUT2D eigenvalue weighted by molar-refractivity contribution is -0.000948. The van der Waals surface area contributed by atoms with E-state index in [1.54, 1.807) is 20.3 Å². The number of methoxy groups -OCH3 is 2. The zero-order chi connectivity index (χ0) is 22.5. The second-order valence-electron chi connectivity index (χ2n) is 7.94. The molecule has 0 aliphatic carbocycles. The van der Waals surface area contributed by atoms with Crippen LogP contribution in [0.1, 0.15) is 16.7 Å². The Balaban J connectivity index is 1.60. The lowest BCUT2D eigenvalue weighted by Gasteiger charge is -2.27. The second kappa shape index (κ2) is 10.0. The maximum atomic E-state index is 12.7. The molecule has 0 radical (unpaired) electrons. The number of nitrogens with zero attached hydrogens (tertiary/aromatic N) is 1. The number of hydrogen-bond donors (Lipinski definition) is 0. The van der Waals surface area contributed by atoms with E-state index in [4.69, 9.17) is 18.9 Å². The van der Waals surface area contributed by atoms with E-state index >= 15 is 0 Å². The van der Waals surface area contributed by atoms with E-state index in [9.17, 15) is 4.79 Å². The Morgan fingerprint density at radius 3 is 2.56 bits per heavy atom. The maximum absolute atomic E-state index is 12.7. The predicted octanol–water partition coefficient (Wildman–Crippen LogP) is 4.00. The Morgan fingerprint density at radius 2 is 1.81 bits per heavy atom. The van der Waals surface area contributed by atoms with Crippen LogP contribution in [0.2, 0.25) is 0 Å². The van der Waals surface area contributed by atoms with Gasteiger partial charge in [0.2, 0.25) is 0 Å². The van der Waals surface area contributed by atoms with Gasteiger partial charge in [-0.1, -0.05) is 30.3 Å². The van der Waals surface area contributed by atoms with Gasteiger partial charge >= 0.3 is 0 Å². The molecule has 6 heteroatoms. The van der Waals surface area contributed by atoms with Crippen LogP contribution in [-0.2, 0) is 29.0 Å². The largest absolute Gasteiger partial charge is 0.489 e. The Bertz CT molecular complexity index is 1120. The first-order valence-corrected chi connectivity index (χ1v) is 10.8.